The zero-order chi connectivity index (χ0) is 22.7. The molecule has 0 radical (unpaired) electrons. The van der Waals surface area contributed by atoms with Crippen molar-refractivity contribution in [2.24, 2.45) is 17.8 Å². The maximum Gasteiger partial charge on any atom is 0.250 e. The standard InChI is InChI=1S/C23H31N3O5/c1-12-7-6-8-13(2)17(12)25-20(29)18-23-11-14(3)22(4,31-23)15(19(28)24-5)16(23)21(30)26(18)9-10-27/h6-8,14-16,18,27H,9-11H2,1-5H3,(H,24,28)(H,25,29)/t14?,15-,16-,18?,22+,23?/m0/s1. The first kappa shape index (κ1) is 21.8. The minimum Gasteiger partial charge on any atom is -0.395 e. The minimum absolute atomic E-state index is 0.0107. The van der Waals surface area contributed by atoms with E-state index in [1.807, 2.05) is 45.9 Å². The SMILES string of the molecule is CNC(=O)[C@@H]1[C@H]2C(=O)N(CCO)C(C(=O)Nc3c(C)cccc3C)C23CC(C)[C@@]1(C)O3. The summed E-state index contributed by atoms with van der Waals surface area (Å²) in [6.07, 6.45) is 0.500. The van der Waals surface area contributed by atoms with E-state index >= 15 is 0 Å². The predicted octanol–water partition coefficient (Wildman–Crippen LogP) is 0.991. The Kier molecular flexibility index (Phi) is 5.13. The van der Waals surface area contributed by atoms with Crippen molar-refractivity contribution in [2.75, 3.05) is 25.5 Å². The van der Waals surface area contributed by atoms with E-state index in [9.17, 15) is 19.5 Å². The second-order valence-electron chi connectivity index (χ2n) is 9.33. The first-order valence-electron chi connectivity index (χ1n) is 10.8. The third-order valence-corrected chi connectivity index (χ3v) is 7.66. The Labute approximate surface area is 182 Å². The van der Waals surface area contributed by atoms with Gasteiger partial charge in [-0.15, -0.1) is 0 Å². The monoisotopic (exact) mass is 429 g/mol. The lowest BCUT2D eigenvalue weighted by Gasteiger charge is -2.36. The van der Waals surface area contributed by atoms with Crippen LogP contribution < -0.4 is 10.6 Å². The van der Waals surface area contributed by atoms with Crippen LogP contribution in [0.5, 0.6) is 0 Å². The van der Waals surface area contributed by atoms with Gasteiger partial charge in [0.05, 0.1) is 24.0 Å². The predicted molar refractivity (Wildman–Crippen MR) is 114 cm³/mol. The fraction of sp³-hybridized carbons (Fsp3) is 0.609. The number of nitrogens with zero attached hydrogens (tertiary/aromatic N) is 1. The van der Waals surface area contributed by atoms with Crippen molar-refractivity contribution in [1.82, 2.24) is 10.2 Å². The van der Waals surface area contributed by atoms with Crippen molar-refractivity contribution < 1.29 is 24.2 Å². The first-order valence-corrected chi connectivity index (χ1v) is 10.8. The number of aliphatic hydroxyl groups is 1. The van der Waals surface area contributed by atoms with E-state index in [-0.39, 0.29) is 36.8 Å². The van der Waals surface area contributed by atoms with Crippen LogP contribution in [-0.2, 0) is 19.1 Å². The van der Waals surface area contributed by atoms with Crippen molar-refractivity contribution in [2.45, 2.75) is 51.4 Å². The minimum atomic E-state index is -1.10. The van der Waals surface area contributed by atoms with E-state index in [2.05, 4.69) is 10.6 Å². The molecule has 3 aliphatic heterocycles. The smallest absolute Gasteiger partial charge is 0.250 e. The normalized spacial score (nSPS) is 35.9. The largest absolute Gasteiger partial charge is 0.395 e. The summed E-state index contributed by atoms with van der Waals surface area (Å²) in [5.41, 5.74) is 0.612. The number of benzene rings is 1. The van der Waals surface area contributed by atoms with Crippen LogP contribution in [-0.4, -0.2) is 65.2 Å². The van der Waals surface area contributed by atoms with Crippen LogP contribution in [0.3, 0.4) is 0 Å². The molecular weight excluding hydrogens is 398 g/mol. The summed E-state index contributed by atoms with van der Waals surface area (Å²) in [5.74, 6) is -2.37. The molecule has 3 fully saturated rings. The Bertz CT molecular complexity index is 929. The van der Waals surface area contributed by atoms with E-state index in [1.54, 1.807) is 7.05 Å². The molecule has 1 aromatic carbocycles. The van der Waals surface area contributed by atoms with Crippen molar-refractivity contribution in [1.29, 1.82) is 0 Å². The summed E-state index contributed by atoms with van der Waals surface area (Å²) in [7, 11) is 1.55. The summed E-state index contributed by atoms with van der Waals surface area (Å²) in [6, 6.07) is 4.83. The summed E-state index contributed by atoms with van der Waals surface area (Å²) in [5, 5.41) is 15.3. The zero-order valence-corrected chi connectivity index (χ0v) is 18.7. The van der Waals surface area contributed by atoms with Gasteiger partial charge in [0.15, 0.2) is 0 Å². The van der Waals surface area contributed by atoms with Gasteiger partial charge in [-0.3, -0.25) is 14.4 Å². The van der Waals surface area contributed by atoms with Crippen LogP contribution in [0.2, 0.25) is 0 Å². The molecule has 2 bridgehead atoms. The van der Waals surface area contributed by atoms with Gasteiger partial charge in [-0.1, -0.05) is 25.1 Å². The summed E-state index contributed by atoms with van der Waals surface area (Å²) < 4.78 is 6.53. The van der Waals surface area contributed by atoms with Gasteiger partial charge >= 0.3 is 0 Å². The second kappa shape index (κ2) is 7.31. The van der Waals surface area contributed by atoms with Crippen molar-refractivity contribution in [3.63, 3.8) is 0 Å². The number of β-amino-alcohol motifs (C(OH)–C–C–N with tert-alkyl or cyclic N) is 1. The van der Waals surface area contributed by atoms with Crippen molar-refractivity contribution in [3.8, 4) is 0 Å². The molecule has 8 nitrogen and oxygen atoms in total. The van der Waals surface area contributed by atoms with Crippen molar-refractivity contribution >= 4 is 23.4 Å². The van der Waals surface area contributed by atoms with Gasteiger partial charge in [0.25, 0.3) is 0 Å². The highest BCUT2D eigenvalue weighted by Gasteiger charge is 2.79. The summed E-state index contributed by atoms with van der Waals surface area (Å²) >= 11 is 0. The van der Waals surface area contributed by atoms with Crippen LogP contribution >= 0.6 is 0 Å². The highest BCUT2D eigenvalue weighted by molar-refractivity contribution is 6.04. The van der Waals surface area contributed by atoms with E-state index in [0.29, 0.717) is 12.1 Å². The van der Waals surface area contributed by atoms with Gasteiger partial charge in [-0.2, -0.15) is 0 Å². The molecule has 6 atom stereocenters. The molecule has 31 heavy (non-hydrogen) atoms. The van der Waals surface area contributed by atoms with Gasteiger partial charge in [-0.05, 0) is 44.2 Å². The maximum absolute atomic E-state index is 13.7. The average Bonchev–Trinajstić information content (AvgIpc) is 3.22. The van der Waals surface area contributed by atoms with Gasteiger partial charge in [0.2, 0.25) is 17.7 Å². The fourth-order valence-electron chi connectivity index (χ4n) is 6.15. The summed E-state index contributed by atoms with van der Waals surface area (Å²) in [4.78, 5) is 41.4. The molecule has 3 saturated heterocycles. The lowest BCUT2D eigenvalue weighted by Crippen LogP contribution is -2.54. The van der Waals surface area contributed by atoms with E-state index in [4.69, 9.17) is 4.74 Å². The Hall–Kier alpha value is -2.45. The molecule has 168 valence electrons. The Balaban J connectivity index is 1.79. The third-order valence-electron chi connectivity index (χ3n) is 7.66. The van der Waals surface area contributed by atoms with Gasteiger partial charge in [-0.25, -0.2) is 0 Å². The molecule has 0 aromatic heterocycles. The maximum atomic E-state index is 13.7. The van der Waals surface area contributed by atoms with E-state index in [1.165, 1.54) is 4.90 Å². The van der Waals surface area contributed by atoms with E-state index < -0.39 is 29.1 Å². The van der Waals surface area contributed by atoms with Crippen LogP contribution in [0.4, 0.5) is 5.69 Å². The number of carbonyl (C=O) groups is 3. The number of hydrogen-bond donors (Lipinski definition) is 3. The van der Waals surface area contributed by atoms with Crippen LogP contribution in [0.1, 0.15) is 31.4 Å². The molecule has 1 aromatic rings. The molecule has 3 unspecified atom stereocenters. The molecule has 4 rings (SSSR count). The molecule has 0 saturated carbocycles. The number of amides is 3. The summed E-state index contributed by atoms with van der Waals surface area (Å²) in [6.45, 7) is 7.43. The Morgan fingerprint density at radius 2 is 1.90 bits per heavy atom. The number of aryl methyl sites for hydroxylation is 2. The molecule has 3 amide bonds. The lowest BCUT2D eigenvalue weighted by atomic mass is 9.62. The molecule has 0 aliphatic carbocycles. The number of rotatable bonds is 5. The number of likely N-dealkylation sites (tertiary alicyclic amines) is 1. The molecular formula is C23H31N3O5. The number of hydrogen-bond acceptors (Lipinski definition) is 5. The molecule has 3 aliphatic rings. The fourth-order valence-corrected chi connectivity index (χ4v) is 6.15. The number of aliphatic hydroxyl groups excluding tert-OH is 1. The average molecular weight is 430 g/mol. The van der Waals surface area contributed by atoms with Crippen LogP contribution in [0, 0.1) is 31.6 Å². The highest BCUT2D eigenvalue weighted by atomic mass is 16.5. The molecule has 3 heterocycles. The van der Waals surface area contributed by atoms with Crippen LogP contribution in [0.25, 0.3) is 0 Å². The number of fused-ring (bicyclic) bond motifs is 1. The number of nitrogens with one attached hydrogen (secondary N) is 2. The number of carbonyl (C=O) groups excluding carboxylic acids is 3. The Morgan fingerprint density at radius 3 is 2.48 bits per heavy atom. The Morgan fingerprint density at radius 1 is 1.26 bits per heavy atom. The molecule has 8 heteroatoms. The topological polar surface area (TPSA) is 108 Å². The zero-order valence-electron chi connectivity index (χ0n) is 18.7. The highest BCUT2D eigenvalue weighted by Crippen LogP contribution is 2.65. The molecule has 1 spiro atoms. The second-order valence-corrected chi connectivity index (χ2v) is 9.33. The van der Waals surface area contributed by atoms with Crippen LogP contribution in [0.15, 0.2) is 18.2 Å². The van der Waals surface area contributed by atoms with Gasteiger partial charge < -0.3 is 25.4 Å². The van der Waals surface area contributed by atoms with E-state index in [0.717, 1.165) is 11.1 Å². The molecule has 3 N–H and O–H groups in total. The van der Waals surface area contributed by atoms with Gasteiger partial charge in [0.1, 0.15) is 11.6 Å². The lowest BCUT2D eigenvalue weighted by molar-refractivity contribution is -0.146. The first-order chi connectivity index (χ1) is 14.6. The number of anilines is 1. The van der Waals surface area contributed by atoms with Crippen molar-refractivity contribution in [3.05, 3.63) is 29.3 Å². The number of ether oxygens (including phenoxy) is 1. The van der Waals surface area contributed by atoms with Gasteiger partial charge in [0, 0.05) is 19.3 Å². The quantitative estimate of drug-likeness (QED) is 0.647. The third kappa shape index (κ3) is 2.84. The number of para-hydroxylation sites is 1.